The van der Waals surface area contributed by atoms with Gasteiger partial charge < -0.3 is 14.9 Å². The molecule has 1 aliphatic rings. The van der Waals surface area contributed by atoms with Gasteiger partial charge in [-0.1, -0.05) is 30.3 Å². The minimum Gasteiger partial charge on any atom is -0.503 e. The van der Waals surface area contributed by atoms with Crippen molar-refractivity contribution < 1.29 is 27.1 Å². The summed E-state index contributed by atoms with van der Waals surface area (Å²) in [7, 11) is 3.53. The summed E-state index contributed by atoms with van der Waals surface area (Å²) in [6.45, 7) is 2.12. The van der Waals surface area contributed by atoms with Crippen molar-refractivity contribution in [2.24, 2.45) is 7.05 Å². The number of fused-ring (bicyclic) bond motifs is 1. The van der Waals surface area contributed by atoms with E-state index in [4.69, 9.17) is 0 Å². The van der Waals surface area contributed by atoms with Gasteiger partial charge in [0.1, 0.15) is 5.69 Å². The van der Waals surface area contributed by atoms with Crippen molar-refractivity contribution in [1.29, 1.82) is 0 Å². The molecule has 0 saturated carbocycles. The van der Waals surface area contributed by atoms with E-state index in [9.17, 15) is 27.1 Å². The molecule has 2 aromatic carbocycles. The van der Waals surface area contributed by atoms with Crippen LogP contribution in [0.5, 0.6) is 5.75 Å². The third-order valence-electron chi connectivity index (χ3n) is 6.33. The number of aromatic nitrogens is 4. The highest BCUT2D eigenvalue weighted by molar-refractivity contribution is 5.91. The highest BCUT2D eigenvalue weighted by Gasteiger charge is 2.38. The number of phenols is 1. The molecule has 1 aliphatic heterocycles. The Morgan fingerprint density at radius 2 is 1.75 bits per heavy atom. The molecule has 12 heteroatoms. The maximum Gasteiger partial charge on any atom is 0.419 e. The van der Waals surface area contributed by atoms with Crippen molar-refractivity contribution in [2.75, 3.05) is 31.6 Å². The molecule has 1 atom stereocenters. The van der Waals surface area contributed by atoms with Crippen LogP contribution in [0.3, 0.4) is 0 Å². The van der Waals surface area contributed by atoms with Gasteiger partial charge in [0.05, 0.1) is 17.0 Å². The fourth-order valence-corrected chi connectivity index (χ4v) is 4.49. The first kappa shape index (κ1) is 23.9. The van der Waals surface area contributed by atoms with E-state index in [0.29, 0.717) is 18.6 Å². The van der Waals surface area contributed by atoms with Gasteiger partial charge in [-0.3, -0.25) is 0 Å². The molecule has 1 fully saturated rings. The Hall–Kier alpha value is -3.80. The van der Waals surface area contributed by atoms with Crippen LogP contribution in [0.1, 0.15) is 17.2 Å². The summed E-state index contributed by atoms with van der Waals surface area (Å²) in [6, 6.07) is 10.1. The lowest BCUT2D eigenvalue weighted by Crippen LogP contribution is -2.47. The number of alkyl halides is 3. The molecule has 0 spiro atoms. The summed E-state index contributed by atoms with van der Waals surface area (Å²) in [6.07, 6.45) is -3.79. The van der Waals surface area contributed by atoms with Crippen molar-refractivity contribution in [3.63, 3.8) is 0 Å². The van der Waals surface area contributed by atoms with Gasteiger partial charge >= 0.3 is 6.18 Å². The molecule has 4 aromatic rings. The predicted octanol–water partition coefficient (Wildman–Crippen LogP) is 4.53. The zero-order chi connectivity index (χ0) is 25.8. The Morgan fingerprint density at radius 1 is 1.03 bits per heavy atom. The molecule has 1 unspecified atom stereocenters. The molecule has 188 valence electrons. The van der Waals surface area contributed by atoms with Gasteiger partial charge in [-0.2, -0.15) is 23.3 Å². The van der Waals surface area contributed by atoms with Crippen molar-refractivity contribution in [3.8, 4) is 17.0 Å². The quantitative estimate of drug-likeness (QED) is 0.414. The number of rotatable bonds is 3. The molecule has 2 aromatic heterocycles. The van der Waals surface area contributed by atoms with Crippen LogP contribution in [0.2, 0.25) is 0 Å². The number of anilines is 1. The van der Waals surface area contributed by atoms with Crippen LogP contribution in [-0.4, -0.2) is 56.4 Å². The number of hydrogen-bond acceptors (Lipinski definition) is 6. The number of benzene rings is 2. The third kappa shape index (κ3) is 4.00. The standard InChI is InChI=1S/C24H21F5N6O/c1-33-8-9-35(17(12-33)13-6-4-3-5-7-13)23-30-11-15-20(32-34(2)22(15)31-23)14-10-16(24(27,28)29)19(26)21(36)18(14)25/h3-7,10-11,17,36H,8-9,12H2,1-2H3. The number of hydrogen-bond donors (Lipinski definition) is 1. The molecular formula is C24H21F5N6O. The molecule has 7 nitrogen and oxygen atoms in total. The molecule has 3 heterocycles. The van der Waals surface area contributed by atoms with E-state index in [0.717, 1.165) is 18.7 Å². The van der Waals surface area contributed by atoms with Gasteiger partial charge in [-0.05, 0) is 18.7 Å². The number of nitrogens with zero attached hydrogens (tertiary/aromatic N) is 6. The summed E-state index contributed by atoms with van der Waals surface area (Å²) in [5.41, 5.74) is -1.42. The number of phenolic OH excluding ortho intramolecular Hbond substituents is 1. The van der Waals surface area contributed by atoms with Gasteiger partial charge in [0.15, 0.2) is 23.0 Å². The van der Waals surface area contributed by atoms with Crippen molar-refractivity contribution in [3.05, 3.63) is 65.4 Å². The minimum atomic E-state index is -5.15. The van der Waals surface area contributed by atoms with Crippen molar-refractivity contribution in [1.82, 2.24) is 24.6 Å². The van der Waals surface area contributed by atoms with E-state index in [1.54, 1.807) is 0 Å². The van der Waals surface area contributed by atoms with E-state index in [2.05, 4.69) is 20.0 Å². The van der Waals surface area contributed by atoms with E-state index >= 15 is 0 Å². The summed E-state index contributed by atoms with van der Waals surface area (Å²) in [5, 5.41) is 14.0. The molecule has 1 N–H and O–H groups in total. The first-order valence-corrected chi connectivity index (χ1v) is 11.0. The molecule has 0 bridgehead atoms. The Balaban J connectivity index is 1.62. The predicted molar refractivity (Wildman–Crippen MR) is 122 cm³/mol. The average molecular weight is 504 g/mol. The zero-order valence-corrected chi connectivity index (χ0v) is 19.3. The molecule has 36 heavy (non-hydrogen) atoms. The Morgan fingerprint density at radius 3 is 2.44 bits per heavy atom. The Kier molecular flexibility index (Phi) is 5.78. The second kappa shape index (κ2) is 8.70. The van der Waals surface area contributed by atoms with E-state index in [1.165, 1.54) is 17.9 Å². The lowest BCUT2D eigenvalue weighted by Gasteiger charge is -2.40. The van der Waals surface area contributed by atoms with Crippen LogP contribution in [0.4, 0.5) is 27.9 Å². The number of aryl methyl sites for hydroxylation is 1. The highest BCUT2D eigenvalue weighted by Crippen LogP contribution is 2.41. The molecule has 0 aliphatic carbocycles. The summed E-state index contributed by atoms with van der Waals surface area (Å²) < 4.78 is 69.9. The second-order valence-electron chi connectivity index (χ2n) is 8.71. The molecule has 0 radical (unpaired) electrons. The normalized spacial score (nSPS) is 17.2. The van der Waals surface area contributed by atoms with Gasteiger partial charge in [-0.25, -0.2) is 18.4 Å². The first-order chi connectivity index (χ1) is 17.1. The SMILES string of the molecule is CN1CCN(c2ncc3c(-c4cc(C(F)(F)F)c(F)c(O)c4F)nn(C)c3n2)C(c2ccccc2)C1. The largest absolute Gasteiger partial charge is 0.503 e. The topological polar surface area (TPSA) is 70.3 Å². The zero-order valence-electron chi connectivity index (χ0n) is 19.3. The van der Waals surface area contributed by atoms with Crippen LogP contribution in [-0.2, 0) is 13.2 Å². The number of aromatic hydroxyl groups is 1. The Labute approximate surface area is 202 Å². The number of piperazine rings is 1. The fraction of sp³-hybridized carbons (Fsp3) is 0.292. The molecule has 5 rings (SSSR count). The highest BCUT2D eigenvalue weighted by atomic mass is 19.4. The van der Waals surface area contributed by atoms with E-state index in [-0.39, 0.29) is 22.8 Å². The summed E-state index contributed by atoms with van der Waals surface area (Å²) in [5.74, 6) is -4.96. The average Bonchev–Trinajstić information content (AvgIpc) is 3.18. The van der Waals surface area contributed by atoms with Crippen LogP contribution in [0, 0.1) is 11.6 Å². The van der Waals surface area contributed by atoms with Gasteiger partial charge in [0, 0.05) is 38.4 Å². The minimum absolute atomic E-state index is 0.0454. The first-order valence-electron chi connectivity index (χ1n) is 11.0. The second-order valence-corrected chi connectivity index (χ2v) is 8.71. The monoisotopic (exact) mass is 504 g/mol. The van der Waals surface area contributed by atoms with Gasteiger partial charge in [0.25, 0.3) is 0 Å². The van der Waals surface area contributed by atoms with Crippen LogP contribution < -0.4 is 4.90 Å². The lowest BCUT2D eigenvalue weighted by molar-refractivity contribution is -0.140. The van der Waals surface area contributed by atoms with Gasteiger partial charge in [0.2, 0.25) is 5.95 Å². The van der Waals surface area contributed by atoms with E-state index in [1.807, 2.05) is 42.3 Å². The maximum absolute atomic E-state index is 14.7. The van der Waals surface area contributed by atoms with E-state index < -0.39 is 34.7 Å². The fourth-order valence-electron chi connectivity index (χ4n) is 4.49. The van der Waals surface area contributed by atoms with Crippen LogP contribution >= 0.6 is 0 Å². The smallest absolute Gasteiger partial charge is 0.419 e. The van der Waals surface area contributed by atoms with Gasteiger partial charge in [-0.15, -0.1) is 0 Å². The maximum atomic E-state index is 14.7. The lowest BCUT2D eigenvalue weighted by atomic mass is 10.0. The van der Waals surface area contributed by atoms with Crippen LogP contribution in [0.25, 0.3) is 22.3 Å². The molecule has 0 amide bonds. The van der Waals surface area contributed by atoms with Crippen molar-refractivity contribution >= 4 is 17.0 Å². The Bertz CT molecular complexity index is 1440. The number of halogens is 5. The molecular weight excluding hydrogens is 483 g/mol. The summed E-state index contributed by atoms with van der Waals surface area (Å²) >= 11 is 0. The third-order valence-corrected chi connectivity index (χ3v) is 6.33. The van der Waals surface area contributed by atoms with Crippen LogP contribution in [0.15, 0.2) is 42.6 Å². The number of likely N-dealkylation sites (N-methyl/N-ethyl adjacent to an activating group) is 1. The van der Waals surface area contributed by atoms with Crippen molar-refractivity contribution in [2.45, 2.75) is 12.2 Å². The molecule has 1 saturated heterocycles. The summed E-state index contributed by atoms with van der Waals surface area (Å²) in [4.78, 5) is 13.3.